The SMILES string of the molecule is COc1ccc(Cn2ncc(-c3ccc4c(c3)Cc3cc(-c5nn(Cc6ccc(OC)cc6)nc5C(=O)OCCOC(=O)[C@@H](NC(=O)OC(C)(C)C)C(C)C)ccc3-4)n2)cc1. The monoisotopic (exact) mass is 827 g/mol. The molecule has 15 heteroatoms. The number of nitrogens with one attached hydrogen (secondary N) is 1. The number of aromatic nitrogens is 6. The molecule has 0 spiro atoms. The third-order valence-electron chi connectivity index (χ3n) is 9.96. The van der Waals surface area contributed by atoms with E-state index in [-0.39, 0.29) is 31.4 Å². The molecule has 0 fully saturated rings. The molecule has 0 aliphatic heterocycles. The molecule has 0 radical (unpaired) electrons. The van der Waals surface area contributed by atoms with Crippen molar-refractivity contribution in [2.75, 3.05) is 27.4 Å². The first-order valence-corrected chi connectivity index (χ1v) is 20.0. The third-order valence-corrected chi connectivity index (χ3v) is 9.96. The van der Waals surface area contributed by atoms with Crippen molar-refractivity contribution in [3.63, 3.8) is 0 Å². The minimum absolute atomic E-state index is 0.0157. The number of rotatable bonds is 15. The molecule has 2 aromatic heterocycles. The maximum absolute atomic E-state index is 13.7. The summed E-state index contributed by atoms with van der Waals surface area (Å²) in [4.78, 5) is 42.1. The highest BCUT2D eigenvalue weighted by Crippen LogP contribution is 2.40. The lowest BCUT2D eigenvalue weighted by molar-refractivity contribution is -0.148. The topological polar surface area (TPSA) is 171 Å². The maximum atomic E-state index is 13.7. The molecule has 6 aromatic rings. The van der Waals surface area contributed by atoms with Crippen molar-refractivity contribution >= 4 is 18.0 Å². The first kappa shape index (κ1) is 42.1. The molecule has 0 saturated carbocycles. The van der Waals surface area contributed by atoms with Gasteiger partial charge in [0.25, 0.3) is 0 Å². The largest absolute Gasteiger partial charge is 0.497 e. The molecule has 316 valence electrons. The van der Waals surface area contributed by atoms with E-state index < -0.39 is 29.7 Å². The average Bonchev–Trinajstić information content (AvgIpc) is 3.98. The van der Waals surface area contributed by atoms with Crippen LogP contribution in [0, 0.1) is 5.92 Å². The summed E-state index contributed by atoms with van der Waals surface area (Å²) in [5, 5.41) is 21.2. The van der Waals surface area contributed by atoms with Crippen LogP contribution in [0.5, 0.6) is 11.5 Å². The Kier molecular flexibility index (Phi) is 12.5. The van der Waals surface area contributed by atoms with Gasteiger partial charge in [0.1, 0.15) is 47.7 Å². The van der Waals surface area contributed by atoms with Gasteiger partial charge in [0.2, 0.25) is 0 Å². The maximum Gasteiger partial charge on any atom is 0.408 e. The van der Waals surface area contributed by atoms with E-state index >= 15 is 0 Å². The van der Waals surface area contributed by atoms with E-state index in [0.29, 0.717) is 30.0 Å². The van der Waals surface area contributed by atoms with Crippen LogP contribution < -0.4 is 14.8 Å². The lowest BCUT2D eigenvalue weighted by atomic mass is 10.0. The van der Waals surface area contributed by atoms with Crippen molar-refractivity contribution in [1.82, 2.24) is 35.3 Å². The van der Waals surface area contributed by atoms with Crippen LogP contribution in [-0.2, 0) is 38.5 Å². The highest BCUT2D eigenvalue weighted by atomic mass is 16.6. The van der Waals surface area contributed by atoms with Crippen molar-refractivity contribution < 1.29 is 38.1 Å². The Bertz CT molecular complexity index is 2520. The van der Waals surface area contributed by atoms with Gasteiger partial charge in [0.05, 0.1) is 33.5 Å². The Morgan fingerprint density at radius 1 is 0.721 bits per heavy atom. The second kappa shape index (κ2) is 18.1. The Balaban J connectivity index is 1.06. The van der Waals surface area contributed by atoms with E-state index in [4.69, 9.17) is 33.9 Å². The summed E-state index contributed by atoms with van der Waals surface area (Å²) < 4.78 is 26.9. The smallest absolute Gasteiger partial charge is 0.408 e. The molecule has 15 nitrogen and oxygen atoms in total. The van der Waals surface area contributed by atoms with Gasteiger partial charge < -0.3 is 29.0 Å². The lowest BCUT2D eigenvalue weighted by Gasteiger charge is -2.24. The third kappa shape index (κ3) is 10.2. The number of alkyl carbamates (subject to hydrolysis) is 1. The summed E-state index contributed by atoms with van der Waals surface area (Å²) >= 11 is 0. The highest BCUT2D eigenvalue weighted by molar-refractivity contribution is 5.94. The van der Waals surface area contributed by atoms with Gasteiger partial charge in [-0.2, -0.15) is 24.9 Å². The molecular weight excluding hydrogens is 779 g/mol. The molecule has 4 aromatic carbocycles. The van der Waals surface area contributed by atoms with Crippen molar-refractivity contribution in [3.05, 3.63) is 119 Å². The molecule has 1 N–H and O–H groups in total. The van der Waals surface area contributed by atoms with Gasteiger partial charge in [-0.25, -0.2) is 14.4 Å². The van der Waals surface area contributed by atoms with E-state index in [2.05, 4.69) is 33.7 Å². The van der Waals surface area contributed by atoms with E-state index in [1.54, 1.807) is 59.8 Å². The van der Waals surface area contributed by atoms with Gasteiger partial charge >= 0.3 is 18.0 Å². The minimum atomic E-state index is -0.959. The number of hydrogen-bond acceptors (Lipinski definition) is 12. The predicted molar refractivity (Wildman–Crippen MR) is 226 cm³/mol. The van der Waals surface area contributed by atoms with Gasteiger partial charge in [-0.15, -0.1) is 5.10 Å². The molecule has 0 unspecified atom stereocenters. The van der Waals surface area contributed by atoms with Crippen LogP contribution in [0.25, 0.3) is 33.6 Å². The molecule has 0 saturated heterocycles. The Labute approximate surface area is 353 Å². The number of amides is 1. The molecule has 7 rings (SSSR count). The number of nitrogens with zero attached hydrogens (tertiary/aromatic N) is 6. The summed E-state index contributed by atoms with van der Waals surface area (Å²) in [6.07, 6.45) is 1.71. The van der Waals surface area contributed by atoms with Crippen LogP contribution in [0.3, 0.4) is 0 Å². The first-order chi connectivity index (χ1) is 29.3. The minimum Gasteiger partial charge on any atom is -0.497 e. The number of hydrogen-bond donors (Lipinski definition) is 1. The number of methoxy groups -OCH3 is 2. The van der Waals surface area contributed by atoms with Crippen LogP contribution in [0.1, 0.15) is 67.4 Å². The first-order valence-electron chi connectivity index (χ1n) is 20.0. The summed E-state index contributed by atoms with van der Waals surface area (Å²) in [6, 6.07) is 26.7. The van der Waals surface area contributed by atoms with Crippen molar-refractivity contribution in [2.45, 2.75) is 65.8 Å². The number of ether oxygens (including phenoxy) is 5. The zero-order valence-electron chi connectivity index (χ0n) is 35.3. The van der Waals surface area contributed by atoms with E-state index in [1.165, 1.54) is 4.80 Å². The number of carbonyl (C=O) groups excluding carboxylic acids is 3. The van der Waals surface area contributed by atoms with E-state index in [1.807, 2.05) is 66.7 Å². The number of carbonyl (C=O) groups is 3. The average molecular weight is 828 g/mol. The van der Waals surface area contributed by atoms with Gasteiger partial charge in [-0.05, 0) is 103 Å². The summed E-state index contributed by atoms with van der Waals surface area (Å²) in [5.41, 5.74) is 8.45. The number of fused-ring (bicyclic) bond motifs is 3. The molecule has 1 amide bonds. The van der Waals surface area contributed by atoms with Crippen LogP contribution in [0.15, 0.2) is 91.1 Å². The number of esters is 2. The summed E-state index contributed by atoms with van der Waals surface area (Å²) in [6.45, 7) is 9.07. The fourth-order valence-corrected chi connectivity index (χ4v) is 6.93. The van der Waals surface area contributed by atoms with E-state index in [0.717, 1.165) is 50.4 Å². The Hall–Kier alpha value is -7.03. The summed E-state index contributed by atoms with van der Waals surface area (Å²) in [5.74, 6) is -0.181. The van der Waals surface area contributed by atoms with Crippen LogP contribution >= 0.6 is 0 Å². The molecule has 1 aliphatic rings. The zero-order chi connectivity index (χ0) is 43.3. The highest BCUT2D eigenvalue weighted by Gasteiger charge is 2.29. The standard InChI is InChI=1S/C46H49N7O8/c1-28(2)40(48-45(56)61-46(3,4)5)43(54)59-20-21-60-44(55)42-41(50-53(51-42)27-30-10-16-36(58-7)17-11-30)32-13-19-38-34(23-32)24-33-22-31(12-18-37(33)38)39-25-47-52(49-39)26-29-8-14-35(57-6)15-9-29/h8-19,22-23,25,28,40H,20-21,24,26-27H2,1-7H3,(H,48,56)/t40-/m0/s1. The van der Waals surface area contributed by atoms with Crippen molar-refractivity contribution in [2.24, 2.45) is 5.92 Å². The van der Waals surface area contributed by atoms with E-state index in [9.17, 15) is 14.4 Å². The fraction of sp³-hybridized carbons (Fsp3) is 0.326. The number of benzene rings is 4. The second-order valence-corrected chi connectivity index (χ2v) is 16.0. The quantitative estimate of drug-likeness (QED) is 0.0631. The van der Waals surface area contributed by atoms with Crippen LogP contribution in [0.4, 0.5) is 4.79 Å². The van der Waals surface area contributed by atoms with Crippen molar-refractivity contribution in [3.8, 4) is 45.1 Å². The van der Waals surface area contributed by atoms with Crippen molar-refractivity contribution in [1.29, 1.82) is 0 Å². The summed E-state index contributed by atoms with van der Waals surface area (Å²) in [7, 11) is 3.25. The molecule has 61 heavy (non-hydrogen) atoms. The molecule has 1 aliphatic carbocycles. The van der Waals surface area contributed by atoms with Gasteiger partial charge in [-0.1, -0.05) is 62.4 Å². The van der Waals surface area contributed by atoms with Crippen LogP contribution in [-0.4, -0.2) is 87.1 Å². The molecular formula is C46H49N7O8. The van der Waals surface area contributed by atoms with Gasteiger partial charge in [0, 0.05) is 11.1 Å². The van der Waals surface area contributed by atoms with Gasteiger partial charge in [0.15, 0.2) is 5.69 Å². The fourth-order valence-electron chi connectivity index (χ4n) is 6.93. The normalized spacial score (nSPS) is 12.3. The van der Waals surface area contributed by atoms with Crippen LogP contribution in [0.2, 0.25) is 0 Å². The Morgan fingerprint density at radius 3 is 1.89 bits per heavy atom. The Morgan fingerprint density at radius 2 is 1.30 bits per heavy atom. The molecule has 2 heterocycles. The molecule has 0 bridgehead atoms. The van der Waals surface area contributed by atoms with Gasteiger partial charge in [-0.3, -0.25) is 0 Å². The second-order valence-electron chi connectivity index (χ2n) is 16.0. The zero-order valence-corrected chi connectivity index (χ0v) is 35.3. The molecule has 1 atom stereocenters. The lowest BCUT2D eigenvalue weighted by Crippen LogP contribution is -2.47. The predicted octanol–water partition coefficient (Wildman–Crippen LogP) is 7.14.